The van der Waals surface area contributed by atoms with Crippen molar-refractivity contribution in [2.24, 2.45) is 0 Å². The van der Waals surface area contributed by atoms with Gasteiger partial charge >= 0.3 is 17.9 Å². The van der Waals surface area contributed by atoms with E-state index in [1.54, 1.807) is 62.1 Å². The molecule has 3 aliphatic rings. The zero-order valence-corrected chi connectivity index (χ0v) is 46.9. The van der Waals surface area contributed by atoms with Crippen LogP contribution in [0.5, 0.6) is 0 Å². The number of rotatable bonds is 14. The molecule has 3 saturated heterocycles. The summed E-state index contributed by atoms with van der Waals surface area (Å²) < 4.78 is 5.47. The molecule has 5 unspecified atom stereocenters. The number of benzene rings is 3. The molecule has 79 heavy (non-hydrogen) atoms. The van der Waals surface area contributed by atoms with Crippen LogP contribution in [0.1, 0.15) is 72.6 Å². The number of carbonyl (C=O) groups is 7. The third kappa shape index (κ3) is 31.6. The number of carbonyl (C=O) groups excluding carboxylic acids is 4. The number of likely N-dealkylation sites (N-methyl/N-ethyl adjacent to an activating group) is 3. The minimum atomic E-state index is -1.13. The molecule has 3 fully saturated rings. The first-order chi connectivity index (χ1) is 36.8. The first kappa shape index (κ1) is 72.4. The van der Waals surface area contributed by atoms with Crippen molar-refractivity contribution in [2.45, 2.75) is 96.6 Å². The maximum Gasteiger partial charge on any atom is 0.335 e. The predicted molar refractivity (Wildman–Crippen MR) is 295 cm³/mol. The van der Waals surface area contributed by atoms with Crippen molar-refractivity contribution in [2.75, 3.05) is 97.8 Å². The van der Waals surface area contributed by atoms with E-state index in [1.165, 1.54) is 57.2 Å². The summed E-state index contributed by atoms with van der Waals surface area (Å²) in [5.41, 5.74) is 2.39. The molecule has 9 atom stereocenters. The molecule has 3 heterocycles. The van der Waals surface area contributed by atoms with Gasteiger partial charge in [-0.2, -0.15) is 0 Å². The van der Waals surface area contributed by atoms with E-state index in [0.29, 0.717) is 30.4 Å². The minimum absolute atomic E-state index is 0.113. The number of aromatic carboxylic acids is 3. The number of carboxylic acid groups (broad SMARTS) is 3. The molecule has 0 aromatic heterocycles. The molecule has 0 spiro atoms. The molecule has 0 bridgehead atoms. The van der Waals surface area contributed by atoms with Gasteiger partial charge in [-0.05, 0) is 136 Å². The van der Waals surface area contributed by atoms with Crippen molar-refractivity contribution < 1.29 is 84.3 Å². The second kappa shape index (κ2) is 38.1. The molecule has 3 aromatic rings. The van der Waals surface area contributed by atoms with Crippen LogP contribution in [0, 0.1) is 0 Å². The molecule has 0 radical (unpaired) electrons. The van der Waals surface area contributed by atoms with E-state index in [9.17, 15) is 43.8 Å². The number of fused-ring (bicyclic) bond motifs is 1. The Labute approximate surface area is 461 Å². The number of nitrogens with zero attached hydrogens (tertiary/aromatic N) is 4. The minimum Gasteiger partial charge on any atom is -0.478 e. The second-order valence-electron chi connectivity index (χ2n) is 19.0. The van der Waals surface area contributed by atoms with E-state index >= 15 is 0 Å². The lowest BCUT2D eigenvalue weighted by atomic mass is 10.1. The van der Waals surface area contributed by atoms with Crippen LogP contribution in [0.2, 0.25) is 0 Å². The van der Waals surface area contributed by atoms with Crippen molar-refractivity contribution in [3.63, 3.8) is 0 Å². The number of hydrogen-bond donors (Lipinski definition) is 15. The van der Waals surface area contributed by atoms with Crippen LogP contribution in [0.25, 0.3) is 0 Å². The van der Waals surface area contributed by atoms with Crippen LogP contribution < -0.4 is 31.9 Å². The Kier molecular flexibility index (Phi) is 34.9. The predicted octanol–water partition coefficient (Wildman–Crippen LogP) is -0.524. The van der Waals surface area contributed by atoms with E-state index in [2.05, 4.69) is 31.9 Å². The number of hydrogen-bond acceptors (Lipinski definition) is 20. The summed E-state index contributed by atoms with van der Waals surface area (Å²) in [5, 5.41) is 97.0. The monoisotopic (exact) mass is 1120 g/mol. The van der Waals surface area contributed by atoms with Gasteiger partial charge in [-0.15, -0.1) is 0 Å². The van der Waals surface area contributed by atoms with Gasteiger partial charge in [0.1, 0.15) is 30.6 Å². The van der Waals surface area contributed by atoms with Crippen molar-refractivity contribution >= 4 is 58.6 Å². The lowest BCUT2D eigenvalue weighted by Gasteiger charge is -2.35. The number of ether oxygens (including phenoxy) is 1. The summed E-state index contributed by atoms with van der Waals surface area (Å²) in [6.45, 7) is 12.1. The van der Waals surface area contributed by atoms with Gasteiger partial charge in [-0.1, -0.05) is 0 Å². The van der Waals surface area contributed by atoms with Gasteiger partial charge in [-0.25, -0.2) is 19.3 Å². The molecule has 3 aliphatic heterocycles. The van der Waals surface area contributed by atoms with Crippen molar-refractivity contribution in [1.29, 1.82) is 0 Å². The summed E-state index contributed by atoms with van der Waals surface area (Å²) in [6.07, 6.45) is -4.72. The molecular weight excluding hydrogens is 1040 g/mol. The molecule has 0 saturated carbocycles. The quantitative estimate of drug-likeness (QED) is 0.0965. The van der Waals surface area contributed by atoms with Crippen molar-refractivity contribution in [1.82, 2.24) is 35.6 Å². The third-order valence-corrected chi connectivity index (χ3v) is 10.1. The smallest absolute Gasteiger partial charge is 0.335 e. The average molecular weight is 1120 g/mol. The third-order valence-electron chi connectivity index (χ3n) is 10.1. The Bertz CT molecular complexity index is 2070. The van der Waals surface area contributed by atoms with Crippen LogP contribution in [0.3, 0.4) is 0 Å². The first-order valence-corrected chi connectivity index (χ1v) is 24.7. The van der Waals surface area contributed by atoms with E-state index in [0.717, 1.165) is 19.6 Å². The van der Waals surface area contributed by atoms with Gasteiger partial charge < -0.3 is 86.7 Å². The van der Waals surface area contributed by atoms with Crippen LogP contribution in [-0.4, -0.2) is 244 Å². The zero-order chi connectivity index (χ0) is 60.7. The van der Waals surface area contributed by atoms with Gasteiger partial charge in [0.15, 0.2) is 0 Å². The molecule has 444 valence electrons. The topological polar surface area (TPSA) is 396 Å². The largest absolute Gasteiger partial charge is 0.478 e. The summed E-state index contributed by atoms with van der Waals surface area (Å²) >= 11 is 0. The van der Waals surface area contributed by atoms with Gasteiger partial charge in [0.25, 0.3) is 0 Å². The van der Waals surface area contributed by atoms with E-state index in [1.807, 2.05) is 57.0 Å². The Morgan fingerprint density at radius 2 is 0.899 bits per heavy atom. The van der Waals surface area contributed by atoms with Gasteiger partial charge in [0.2, 0.25) is 23.6 Å². The molecular formula is C52H84N10O17. The number of aliphatic hydroxyl groups is 6. The first-order valence-electron chi connectivity index (χ1n) is 24.7. The van der Waals surface area contributed by atoms with Crippen LogP contribution >= 0.6 is 0 Å². The highest BCUT2D eigenvalue weighted by molar-refractivity contribution is 5.93. The fourth-order valence-corrected chi connectivity index (χ4v) is 7.11. The number of anilines is 3. The lowest BCUT2D eigenvalue weighted by molar-refractivity contribution is -0.131. The summed E-state index contributed by atoms with van der Waals surface area (Å²) in [4.78, 5) is 82.4. The highest BCUT2D eigenvalue weighted by Crippen LogP contribution is 2.27. The fourth-order valence-electron chi connectivity index (χ4n) is 7.11. The van der Waals surface area contributed by atoms with Gasteiger partial charge in [-0.3, -0.25) is 29.8 Å². The maximum atomic E-state index is 11.7. The van der Waals surface area contributed by atoms with Crippen LogP contribution in [0.15, 0.2) is 72.8 Å². The Morgan fingerprint density at radius 3 is 1.13 bits per heavy atom. The van der Waals surface area contributed by atoms with Crippen molar-refractivity contribution in [3.8, 4) is 0 Å². The lowest BCUT2D eigenvalue weighted by Crippen LogP contribution is -2.64. The normalized spacial score (nSPS) is 19.9. The highest BCUT2D eigenvalue weighted by atomic mass is 16.6. The molecule has 4 amide bonds. The second-order valence-corrected chi connectivity index (χ2v) is 19.0. The van der Waals surface area contributed by atoms with Crippen molar-refractivity contribution in [3.05, 3.63) is 89.5 Å². The molecule has 3 aromatic carbocycles. The van der Waals surface area contributed by atoms with E-state index in [4.69, 9.17) is 40.5 Å². The Morgan fingerprint density at radius 1 is 0.582 bits per heavy atom. The number of aliphatic hydroxyl groups excluding tert-OH is 6. The van der Waals surface area contributed by atoms with Crippen LogP contribution in [-0.2, 0) is 23.9 Å². The fraction of sp³-hybridized carbons (Fsp3) is 0.519. The van der Waals surface area contributed by atoms with Gasteiger partial charge in [0, 0.05) is 57.5 Å². The van der Waals surface area contributed by atoms with E-state index in [-0.39, 0.29) is 71.4 Å². The average Bonchev–Trinajstić information content (AvgIpc) is 3.88. The number of nitrogens with one attached hydrogen (secondary N) is 6. The summed E-state index contributed by atoms with van der Waals surface area (Å²) in [7, 11) is 11.6. The Balaban J connectivity index is 0.000000929. The number of carboxylic acids is 3. The standard InChI is InChI=1S/C10H18N4O5.3C9H9NO3.3C5H13NO/c15-1-4-6(16)7(17)10(19-4)14-3-13-5-8(14)11-2-12-9(5)18;3*1-6(11)10-8-4-2-7(3-5-8)9(12)13;3*1-5(7)4-6(2)3/h4-8,10-11,13,15-17H,1-3H2,(H,12,18);3*2-5H,1H3,(H,10,11)(H,12,13);3*5,7H,4H2,1-3H3/t4-,5?,6-,7-,8?,10-;;;;;;/m1....../s1. The maximum absolute atomic E-state index is 11.7. The molecule has 15 N–H and O–H groups in total. The molecule has 27 nitrogen and oxygen atoms in total. The number of amides is 4. The van der Waals surface area contributed by atoms with Gasteiger partial charge in [0.05, 0.1) is 61.1 Å². The Hall–Kier alpha value is -6.57. The summed E-state index contributed by atoms with van der Waals surface area (Å²) in [5.74, 6) is -3.58. The molecule has 6 rings (SSSR count). The van der Waals surface area contributed by atoms with Crippen LogP contribution in [0.4, 0.5) is 17.1 Å². The molecule has 27 heteroatoms. The summed E-state index contributed by atoms with van der Waals surface area (Å²) in [6, 6.07) is 17.5. The molecule has 0 aliphatic carbocycles. The van der Waals surface area contributed by atoms with E-state index < -0.39 is 48.5 Å². The highest BCUT2D eigenvalue weighted by Gasteiger charge is 2.51. The SMILES string of the molecule is CC(=O)Nc1ccc(C(=O)O)cc1.CC(=O)Nc1ccc(C(=O)O)cc1.CC(=O)Nc1ccc(C(=O)O)cc1.CC(O)CN(C)C.CC(O)CN(C)C.CC(O)CN(C)C.O=C1NCNC2C1NCN2[C@@H]1O[C@H](CO)[C@@H](O)[C@H]1O. The zero-order valence-electron chi connectivity index (χ0n) is 46.9.